The molecule has 1 heterocycles. The van der Waals surface area contributed by atoms with Gasteiger partial charge in [0.1, 0.15) is 5.41 Å². The SMILES string of the molecule is CC(C)CCOCCNC(=O)NC1COCC1(C)C(=O)O. The van der Waals surface area contributed by atoms with E-state index in [1.807, 2.05) is 0 Å². The first-order chi connectivity index (χ1) is 9.86. The molecular formula is C14H26N2O5. The number of carboxylic acid groups (broad SMARTS) is 1. The van der Waals surface area contributed by atoms with Crippen LogP contribution >= 0.6 is 0 Å². The Labute approximate surface area is 125 Å². The molecule has 122 valence electrons. The number of nitrogens with one attached hydrogen (secondary N) is 2. The van der Waals surface area contributed by atoms with Crippen molar-refractivity contribution >= 4 is 12.0 Å². The highest BCUT2D eigenvalue weighted by molar-refractivity contribution is 5.79. The molecule has 0 aromatic heterocycles. The van der Waals surface area contributed by atoms with Crippen LogP contribution in [-0.2, 0) is 14.3 Å². The summed E-state index contributed by atoms with van der Waals surface area (Å²) in [5, 5.41) is 14.5. The monoisotopic (exact) mass is 302 g/mol. The van der Waals surface area contributed by atoms with Crippen LogP contribution in [0.1, 0.15) is 27.2 Å². The summed E-state index contributed by atoms with van der Waals surface area (Å²) in [6, 6.07) is -0.928. The van der Waals surface area contributed by atoms with E-state index in [2.05, 4.69) is 24.5 Å². The molecule has 1 saturated heterocycles. The number of carboxylic acids is 1. The standard InChI is InChI=1S/C14H26N2O5/c1-10(2)4-6-20-7-5-15-13(19)16-11-8-21-9-14(11,3)12(17)18/h10-11H,4-9H2,1-3H3,(H,17,18)(H2,15,16,19). The van der Waals surface area contributed by atoms with E-state index in [0.717, 1.165) is 6.42 Å². The lowest BCUT2D eigenvalue weighted by molar-refractivity contribution is -0.148. The third-order valence-corrected chi connectivity index (χ3v) is 3.62. The summed E-state index contributed by atoms with van der Waals surface area (Å²) < 4.78 is 10.5. The summed E-state index contributed by atoms with van der Waals surface area (Å²) in [4.78, 5) is 23.0. The average Bonchev–Trinajstić information content (AvgIpc) is 2.76. The fourth-order valence-electron chi connectivity index (χ4n) is 1.95. The van der Waals surface area contributed by atoms with Crippen molar-refractivity contribution in [1.29, 1.82) is 0 Å². The van der Waals surface area contributed by atoms with E-state index in [4.69, 9.17) is 9.47 Å². The summed E-state index contributed by atoms with van der Waals surface area (Å²) in [5.41, 5.74) is -1.08. The van der Waals surface area contributed by atoms with Gasteiger partial charge in [0.2, 0.25) is 0 Å². The Morgan fingerprint density at radius 2 is 2.14 bits per heavy atom. The summed E-state index contributed by atoms with van der Waals surface area (Å²) in [5.74, 6) is -0.375. The molecule has 2 atom stereocenters. The molecule has 2 amide bonds. The van der Waals surface area contributed by atoms with E-state index in [0.29, 0.717) is 25.7 Å². The Kier molecular flexibility index (Phi) is 6.91. The number of rotatable bonds is 8. The van der Waals surface area contributed by atoms with Crippen LogP contribution in [0.3, 0.4) is 0 Å². The molecular weight excluding hydrogens is 276 g/mol. The molecule has 7 heteroatoms. The van der Waals surface area contributed by atoms with Crippen molar-refractivity contribution in [2.24, 2.45) is 11.3 Å². The molecule has 0 aliphatic carbocycles. The van der Waals surface area contributed by atoms with Crippen molar-refractivity contribution in [2.75, 3.05) is 33.0 Å². The van der Waals surface area contributed by atoms with Gasteiger partial charge in [-0.2, -0.15) is 0 Å². The van der Waals surface area contributed by atoms with E-state index < -0.39 is 23.5 Å². The number of aliphatic carboxylic acids is 1. The Morgan fingerprint density at radius 1 is 1.43 bits per heavy atom. The van der Waals surface area contributed by atoms with Gasteiger partial charge >= 0.3 is 12.0 Å². The number of ether oxygens (including phenoxy) is 2. The number of hydrogen-bond acceptors (Lipinski definition) is 4. The Morgan fingerprint density at radius 3 is 2.76 bits per heavy atom. The third kappa shape index (κ3) is 5.51. The summed E-state index contributed by atoms with van der Waals surface area (Å²) in [6.45, 7) is 7.64. The molecule has 0 spiro atoms. The second-order valence-corrected chi connectivity index (χ2v) is 5.99. The molecule has 0 saturated carbocycles. The zero-order valence-electron chi connectivity index (χ0n) is 13.0. The van der Waals surface area contributed by atoms with E-state index in [1.54, 1.807) is 6.92 Å². The molecule has 0 aromatic carbocycles. The van der Waals surface area contributed by atoms with Gasteiger partial charge in [-0.1, -0.05) is 13.8 Å². The second-order valence-electron chi connectivity index (χ2n) is 5.99. The Balaban J connectivity index is 2.20. The molecule has 3 N–H and O–H groups in total. The van der Waals surface area contributed by atoms with Gasteiger partial charge in [-0.3, -0.25) is 4.79 Å². The van der Waals surface area contributed by atoms with E-state index >= 15 is 0 Å². The van der Waals surface area contributed by atoms with Gasteiger partial charge in [0.15, 0.2) is 0 Å². The van der Waals surface area contributed by atoms with Crippen molar-refractivity contribution in [3.05, 3.63) is 0 Å². The zero-order valence-corrected chi connectivity index (χ0v) is 13.0. The number of hydrogen-bond donors (Lipinski definition) is 3. The average molecular weight is 302 g/mol. The smallest absolute Gasteiger partial charge is 0.315 e. The summed E-state index contributed by atoms with van der Waals surface area (Å²) >= 11 is 0. The highest BCUT2D eigenvalue weighted by Crippen LogP contribution is 2.28. The summed E-state index contributed by atoms with van der Waals surface area (Å²) in [6.07, 6.45) is 0.989. The Hall–Kier alpha value is -1.34. The molecule has 0 bridgehead atoms. The second kappa shape index (κ2) is 8.19. The summed E-state index contributed by atoms with van der Waals surface area (Å²) in [7, 11) is 0. The minimum Gasteiger partial charge on any atom is -0.481 e. The number of carbonyl (C=O) groups is 2. The van der Waals surface area contributed by atoms with Crippen LogP contribution in [0.2, 0.25) is 0 Å². The molecule has 0 radical (unpaired) electrons. The normalized spacial score (nSPS) is 25.0. The van der Waals surface area contributed by atoms with Gasteiger partial charge in [-0.05, 0) is 19.3 Å². The van der Waals surface area contributed by atoms with Crippen molar-refractivity contribution < 1.29 is 24.2 Å². The maximum Gasteiger partial charge on any atom is 0.315 e. The fraction of sp³-hybridized carbons (Fsp3) is 0.857. The molecule has 1 aliphatic heterocycles. The molecule has 0 aromatic rings. The van der Waals surface area contributed by atoms with Gasteiger partial charge in [0.05, 0.1) is 25.9 Å². The molecule has 21 heavy (non-hydrogen) atoms. The van der Waals surface area contributed by atoms with Gasteiger partial charge in [0, 0.05) is 13.2 Å². The largest absolute Gasteiger partial charge is 0.481 e. The van der Waals surface area contributed by atoms with Crippen LogP contribution in [-0.4, -0.2) is 56.1 Å². The predicted octanol–water partition coefficient (Wildman–Crippen LogP) is 0.838. The highest BCUT2D eigenvalue weighted by Gasteiger charge is 2.47. The predicted molar refractivity (Wildman–Crippen MR) is 77.2 cm³/mol. The molecule has 1 fully saturated rings. The lowest BCUT2D eigenvalue weighted by Crippen LogP contribution is -2.52. The number of amides is 2. The van der Waals surface area contributed by atoms with Crippen LogP contribution in [0.15, 0.2) is 0 Å². The topological polar surface area (TPSA) is 96.9 Å². The van der Waals surface area contributed by atoms with Crippen molar-refractivity contribution in [3.8, 4) is 0 Å². The van der Waals surface area contributed by atoms with Crippen LogP contribution in [0, 0.1) is 11.3 Å². The lowest BCUT2D eigenvalue weighted by Gasteiger charge is -2.25. The molecule has 1 aliphatic rings. The van der Waals surface area contributed by atoms with Crippen LogP contribution in [0.25, 0.3) is 0 Å². The van der Waals surface area contributed by atoms with Gasteiger partial charge in [-0.15, -0.1) is 0 Å². The van der Waals surface area contributed by atoms with E-state index in [-0.39, 0.29) is 13.2 Å². The van der Waals surface area contributed by atoms with Gasteiger partial charge in [0.25, 0.3) is 0 Å². The van der Waals surface area contributed by atoms with E-state index in [9.17, 15) is 14.7 Å². The first kappa shape index (κ1) is 17.7. The molecule has 7 nitrogen and oxygen atoms in total. The van der Waals surface area contributed by atoms with Crippen molar-refractivity contribution in [3.63, 3.8) is 0 Å². The van der Waals surface area contributed by atoms with Crippen molar-refractivity contribution in [2.45, 2.75) is 33.2 Å². The van der Waals surface area contributed by atoms with E-state index in [1.165, 1.54) is 0 Å². The highest BCUT2D eigenvalue weighted by atomic mass is 16.5. The maximum atomic E-state index is 11.7. The number of carbonyl (C=O) groups excluding carboxylic acids is 1. The minimum absolute atomic E-state index is 0.103. The third-order valence-electron chi connectivity index (χ3n) is 3.62. The van der Waals surface area contributed by atoms with Crippen LogP contribution in [0.4, 0.5) is 4.79 Å². The van der Waals surface area contributed by atoms with Gasteiger partial charge in [-0.25, -0.2) is 4.79 Å². The first-order valence-corrected chi connectivity index (χ1v) is 7.29. The lowest BCUT2D eigenvalue weighted by atomic mass is 9.85. The van der Waals surface area contributed by atoms with Gasteiger partial charge < -0.3 is 25.2 Å². The fourth-order valence-corrected chi connectivity index (χ4v) is 1.95. The molecule has 1 rings (SSSR count). The van der Waals surface area contributed by atoms with Crippen LogP contribution < -0.4 is 10.6 Å². The first-order valence-electron chi connectivity index (χ1n) is 7.29. The number of urea groups is 1. The minimum atomic E-state index is -1.08. The maximum absolute atomic E-state index is 11.7. The quantitative estimate of drug-likeness (QED) is 0.577. The van der Waals surface area contributed by atoms with Crippen molar-refractivity contribution in [1.82, 2.24) is 10.6 Å². The van der Waals surface area contributed by atoms with Crippen LogP contribution in [0.5, 0.6) is 0 Å². The zero-order chi connectivity index (χ0) is 15.9. The Bertz CT molecular complexity index is 361. The molecule has 2 unspecified atom stereocenters.